The zero-order valence-electron chi connectivity index (χ0n) is 12.9. The van der Waals surface area contributed by atoms with E-state index < -0.39 is 9.04 Å². The molecular formula is C16H26OSSi. The molecule has 0 spiro atoms. The lowest BCUT2D eigenvalue weighted by Gasteiger charge is -2.25. The molecule has 0 aromatic heterocycles. The number of rotatable bonds is 5. The summed E-state index contributed by atoms with van der Waals surface area (Å²) in [6, 6.07) is 10.4. The van der Waals surface area contributed by atoms with Crippen LogP contribution in [-0.4, -0.2) is 9.04 Å². The summed E-state index contributed by atoms with van der Waals surface area (Å²) in [5.74, 6) is 0.492. The molecule has 106 valence electrons. The Balaban J connectivity index is 2.86. The highest BCUT2D eigenvalue weighted by Gasteiger charge is 2.19. The van der Waals surface area contributed by atoms with Crippen molar-refractivity contribution in [2.75, 3.05) is 0 Å². The number of allylic oxidation sites excluding steroid dienone is 1. The zero-order valence-corrected chi connectivity index (χ0v) is 14.9. The quantitative estimate of drug-likeness (QED) is 0.414. The minimum Gasteiger partial charge on any atom is -0.543 e. The standard InChI is InChI=1S/C16H26OSSi/c1-13(16(2,3)4)12-15(17-19(5)6)18-14-10-8-7-9-11-14/h7-13,19H,1-6H3/t13-/m1/s1. The lowest BCUT2D eigenvalue weighted by molar-refractivity contribution is 0.308. The van der Waals surface area contributed by atoms with E-state index in [0.717, 1.165) is 5.09 Å². The van der Waals surface area contributed by atoms with Crippen LogP contribution in [0.3, 0.4) is 0 Å². The molecule has 0 amide bonds. The van der Waals surface area contributed by atoms with Crippen molar-refractivity contribution < 1.29 is 4.43 Å². The van der Waals surface area contributed by atoms with Gasteiger partial charge in [0.25, 0.3) is 0 Å². The Kier molecular flexibility index (Phi) is 6.21. The van der Waals surface area contributed by atoms with Crippen LogP contribution in [0.5, 0.6) is 0 Å². The van der Waals surface area contributed by atoms with E-state index >= 15 is 0 Å². The molecule has 0 aliphatic heterocycles. The zero-order chi connectivity index (χ0) is 14.5. The average Bonchev–Trinajstić information content (AvgIpc) is 2.28. The molecule has 0 fully saturated rings. The summed E-state index contributed by atoms with van der Waals surface area (Å²) in [5.41, 5.74) is 0.268. The molecule has 0 heterocycles. The highest BCUT2D eigenvalue weighted by Crippen LogP contribution is 2.33. The molecule has 0 unspecified atom stereocenters. The Hall–Kier alpha value is -0.673. The minimum atomic E-state index is -1.07. The van der Waals surface area contributed by atoms with Gasteiger partial charge in [0.2, 0.25) is 9.04 Å². The van der Waals surface area contributed by atoms with Crippen LogP contribution < -0.4 is 0 Å². The third kappa shape index (κ3) is 6.35. The number of hydrogen-bond donors (Lipinski definition) is 0. The Bertz CT molecular complexity index is 407. The highest BCUT2D eigenvalue weighted by molar-refractivity contribution is 8.03. The number of hydrogen-bond acceptors (Lipinski definition) is 2. The van der Waals surface area contributed by atoms with Gasteiger partial charge in [0.15, 0.2) is 0 Å². The molecular weight excluding hydrogens is 268 g/mol. The van der Waals surface area contributed by atoms with Crippen LogP contribution in [-0.2, 0) is 4.43 Å². The molecule has 0 N–H and O–H groups in total. The van der Waals surface area contributed by atoms with Gasteiger partial charge >= 0.3 is 0 Å². The average molecular weight is 295 g/mol. The Morgan fingerprint density at radius 2 is 1.79 bits per heavy atom. The van der Waals surface area contributed by atoms with Crippen LogP contribution in [0.1, 0.15) is 27.7 Å². The lowest BCUT2D eigenvalue weighted by Crippen LogP contribution is -2.16. The summed E-state index contributed by atoms with van der Waals surface area (Å²) < 4.78 is 6.08. The van der Waals surface area contributed by atoms with Gasteiger partial charge in [-0.3, -0.25) is 0 Å². The van der Waals surface area contributed by atoms with Gasteiger partial charge in [-0.05, 0) is 42.6 Å². The van der Waals surface area contributed by atoms with Gasteiger partial charge < -0.3 is 4.43 Å². The molecule has 0 aliphatic rings. The SMILES string of the molecule is C[C@H](C=C(O[SiH](C)C)Sc1ccccc1)C(C)(C)C. The molecule has 1 atom stereocenters. The third-order valence-corrected chi connectivity index (χ3v) is 4.90. The van der Waals surface area contributed by atoms with Crippen LogP contribution in [0.25, 0.3) is 0 Å². The van der Waals surface area contributed by atoms with E-state index in [1.807, 2.05) is 6.07 Å². The molecule has 0 saturated heterocycles. The van der Waals surface area contributed by atoms with Crippen molar-refractivity contribution in [3.8, 4) is 0 Å². The first-order chi connectivity index (χ1) is 8.79. The second-order valence-corrected chi connectivity index (χ2v) is 9.63. The summed E-state index contributed by atoms with van der Waals surface area (Å²) in [6.07, 6.45) is 2.28. The summed E-state index contributed by atoms with van der Waals surface area (Å²) in [7, 11) is -1.07. The van der Waals surface area contributed by atoms with Gasteiger partial charge in [-0.1, -0.05) is 57.7 Å². The molecule has 1 nitrogen and oxygen atoms in total. The first-order valence-electron chi connectivity index (χ1n) is 6.90. The van der Waals surface area contributed by atoms with E-state index in [0.29, 0.717) is 5.92 Å². The van der Waals surface area contributed by atoms with E-state index in [-0.39, 0.29) is 5.41 Å². The van der Waals surface area contributed by atoms with E-state index in [1.54, 1.807) is 11.8 Å². The maximum absolute atomic E-state index is 6.08. The van der Waals surface area contributed by atoms with Crippen LogP contribution in [0, 0.1) is 11.3 Å². The molecule has 0 aliphatic carbocycles. The van der Waals surface area contributed by atoms with Gasteiger partial charge in [-0.2, -0.15) is 0 Å². The largest absolute Gasteiger partial charge is 0.543 e. The first-order valence-corrected chi connectivity index (χ1v) is 10.5. The number of thioether (sulfide) groups is 1. The Morgan fingerprint density at radius 3 is 2.26 bits per heavy atom. The monoisotopic (exact) mass is 294 g/mol. The summed E-state index contributed by atoms with van der Waals surface area (Å²) in [5, 5.41) is 1.07. The highest BCUT2D eigenvalue weighted by atomic mass is 32.2. The van der Waals surface area contributed by atoms with E-state index in [4.69, 9.17) is 4.43 Å². The second-order valence-electron chi connectivity index (χ2n) is 6.22. The normalized spacial score (nSPS) is 14.6. The molecule has 1 rings (SSSR count). The van der Waals surface area contributed by atoms with Crippen LogP contribution in [0.15, 0.2) is 46.4 Å². The van der Waals surface area contributed by atoms with Crippen molar-refractivity contribution in [2.24, 2.45) is 11.3 Å². The van der Waals surface area contributed by atoms with Crippen molar-refractivity contribution in [3.63, 3.8) is 0 Å². The third-order valence-electron chi connectivity index (χ3n) is 3.07. The molecule has 19 heavy (non-hydrogen) atoms. The van der Waals surface area contributed by atoms with Crippen molar-refractivity contribution in [2.45, 2.75) is 45.7 Å². The fourth-order valence-electron chi connectivity index (χ4n) is 1.39. The molecule has 0 radical (unpaired) electrons. The summed E-state index contributed by atoms with van der Waals surface area (Å²) in [6.45, 7) is 13.5. The predicted octanol–water partition coefficient (Wildman–Crippen LogP) is 5.30. The lowest BCUT2D eigenvalue weighted by atomic mass is 9.82. The molecule has 0 saturated carbocycles. The fraction of sp³-hybridized carbons (Fsp3) is 0.500. The molecule has 1 aromatic rings. The van der Waals surface area contributed by atoms with Gasteiger partial charge in [-0.15, -0.1) is 0 Å². The van der Waals surface area contributed by atoms with Gasteiger partial charge in [0.1, 0.15) is 5.09 Å². The summed E-state index contributed by atoms with van der Waals surface area (Å²) in [4.78, 5) is 1.24. The topological polar surface area (TPSA) is 9.23 Å². The van der Waals surface area contributed by atoms with E-state index in [2.05, 4.69) is 71.1 Å². The Morgan fingerprint density at radius 1 is 1.21 bits per heavy atom. The van der Waals surface area contributed by atoms with Crippen molar-refractivity contribution in [1.82, 2.24) is 0 Å². The molecule has 3 heteroatoms. The second kappa shape index (κ2) is 7.20. The van der Waals surface area contributed by atoms with Crippen LogP contribution in [0.4, 0.5) is 0 Å². The van der Waals surface area contributed by atoms with Crippen molar-refractivity contribution >= 4 is 20.8 Å². The van der Waals surface area contributed by atoms with Crippen LogP contribution in [0.2, 0.25) is 13.1 Å². The number of benzene rings is 1. The minimum absolute atomic E-state index is 0.268. The van der Waals surface area contributed by atoms with Gasteiger partial charge in [0.05, 0.1) is 0 Å². The summed E-state index contributed by atoms with van der Waals surface area (Å²) >= 11 is 1.74. The van der Waals surface area contributed by atoms with Crippen LogP contribution >= 0.6 is 11.8 Å². The first kappa shape index (κ1) is 16.4. The molecule has 1 aromatic carbocycles. The predicted molar refractivity (Wildman–Crippen MR) is 89.0 cm³/mol. The smallest absolute Gasteiger partial charge is 0.230 e. The van der Waals surface area contributed by atoms with Crippen molar-refractivity contribution in [3.05, 3.63) is 41.5 Å². The Labute approximate surface area is 124 Å². The molecule has 0 bridgehead atoms. The maximum atomic E-state index is 6.08. The van der Waals surface area contributed by atoms with E-state index in [1.165, 1.54) is 4.90 Å². The van der Waals surface area contributed by atoms with Crippen molar-refractivity contribution in [1.29, 1.82) is 0 Å². The fourth-order valence-corrected chi connectivity index (χ4v) is 3.50. The maximum Gasteiger partial charge on any atom is 0.230 e. The van der Waals surface area contributed by atoms with Gasteiger partial charge in [0, 0.05) is 4.90 Å². The van der Waals surface area contributed by atoms with E-state index in [9.17, 15) is 0 Å². The van der Waals surface area contributed by atoms with Gasteiger partial charge in [-0.25, -0.2) is 0 Å².